The number of hydrogen-bond donors (Lipinski definition) is 3. The maximum atomic E-state index is 12.6. The highest BCUT2D eigenvalue weighted by molar-refractivity contribution is 7.86. The Balaban J connectivity index is 2.07. The summed E-state index contributed by atoms with van der Waals surface area (Å²) in [5, 5.41) is 20.6. The number of para-hydroxylation sites is 1. The fraction of sp³-hybridized carbons (Fsp3) is 0.118. The third-order valence-corrected chi connectivity index (χ3v) is 4.66. The van der Waals surface area contributed by atoms with E-state index in [-0.39, 0.29) is 11.4 Å². The molecule has 0 spiro atoms. The number of nitrogens with zero attached hydrogens (tertiary/aromatic N) is 3. The summed E-state index contributed by atoms with van der Waals surface area (Å²) in [6.07, 6.45) is 0. The van der Waals surface area contributed by atoms with Gasteiger partial charge in [0.05, 0.1) is 11.4 Å². The Morgan fingerprint density at radius 1 is 1.07 bits per heavy atom. The van der Waals surface area contributed by atoms with Gasteiger partial charge in [0.1, 0.15) is 10.6 Å². The third-order valence-electron chi connectivity index (χ3n) is 3.79. The zero-order valence-electron chi connectivity index (χ0n) is 14.4. The minimum atomic E-state index is -4.63. The van der Waals surface area contributed by atoms with E-state index in [0.717, 1.165) is 6.07 Å². The normalized spacial score (nSPS) is 12.0. The molecule has 0 unspecified atom stereocenters. The summed E-state index contributed by atoms with van der Waals surface area (Å²) in [5.41, 5.74) is 0.849. The number of rotatable bonds is 4. The number of azo groups is 1. The van der Waals surface area contributed by atoms with Crippen molar-refractivity contribution in [2.75, 3.05) is 0 Å². The first-order chi connectivity index (χ1) is 12.7. The molecule has 0 aliphatic rings. The molecule has 0 atom stereocenters. The molecule has 3 rings (SSSR count). The first-order valence-corrected chi connectivity index (χ1v) is 9.22. The van der Waals surface area contributed by atoms with Crippen LogP contribution in [-0.2, 0) is 10.1 Å². The van der Waals surface area contributed by atoms with Gasteiger partial charge in [-0.2, -0.15) is 8.42 Å². The number of aryl methyl sites for hydroxylation is 2. The van der Waals surface area contributed by atoms with Crippen molar-refractivity contribution in [3.63, 3.8) is 0 Å². The molecular formula is C17H16N4O5S. The summed E-state index contributed by atoms with van der Waals surface area (Å²) >= 11 is 0. The Morgan fingerprint density at radius 3 is 2.37 bits per heavy atom. The van der Waals surface area contributed by atoms with Gasteiger partial charge in [-0.1, -0.05) is 18.2 Å². The van der Waals surface area contributed by atoms with Gasteiger partial charge in [-0.05, 0) is 43.7 Å². The van der Waals surface area contributed by atoms with Crippen molar-refractivity contribution in [2.24, 2.45) is 10.2 Å². The molecule has 140 valence electrons. The number of aromatic amines is 1. The number of phenolic OH excluding ortho intramolecular Hbond substituents is 1. The van der Waals surface area contributed by atoms with Gasteiger partial charge in [-0.15, -0.1) is 10.2 Å². The van der Waals surface area contributed by atoms with E-state index >= 15 is 0 Å². The van der Waals surface area contributed by atoms with Gasteiger partial charge in [0.2, 0.25) is 0 Å². The Labute approximate surface area is 154 Å². The third kappa shape index (κ3) is 3.66. The summed E-state index contributed by atoms with van der Waals surface area (Å²) in [5.74, 6) is -0.747. The van der Waals surface area contributed by atoms with E-state index in [1.54, 1.807) is 38.1 Å². The number of H-pyrrole nitrogens is 1. The highest BCUT2D eigenvalue weighted by Gasteiger charge is 2.19. The average Bonchev–Trinajstić information content (AvgIpc) is 2.89. The molecule has 0 radical (unpaired) electrons. The van der Waals surface area contributed by atoms with Crippen LogP contribution in [0.4, 0.5) is 11.4 Å². The summed E-state index contributed by atoms with van der Waals surface area (Å²) in [6.45, 7) is 3.20. The van der Waals surface area contributed by atoms with Gasteiger partial charge in [0, 0.05) is 0 Å². The maximum absolute atomic E-state index is 12.6. The van der Waals surface area contributed by atoms with Crippen LogP contribution in [-0.4, -0.2) is 27.9 Å². The number of nitrogens with one attached hydrogen (secondary N) is 1. The predicted molar refractivity (Wildman–Crippen MR) is 98.0 cm³/mol. The number of aromatic nitrogens is 2. The van der Waals surface area contributed by atoms with E-state index < -0.39 is 26.3 Å². The van der Waals surface area contributed by atoms with Crippen molar-refractivity contribution in [1.29, 1.82) is 0 Å². The van der Waals surface area contributed by atoms with Crippen molar-refractivity contribution >= 4 is 21.5 Å². The molecule has 10 heteroatoms. The lowest BCUT2D eigenvalue weighted by atomic mass is 10.2. The molecule has 3 N–H and O–H groups in total. The molecule has 0 amide bonds. The quantitative estimate of drug-likeness (QED) is 0.466. The minimum Gasteiger partial charge on any atom is -0.504 e. The van der Waals surface area contributed by atoms with Crippen molar-refractivity contribution in [3.05, 3.63) is 64.1 Å². The predicted octanol–water partition coefficient (Wildman–Crippen LogP) is 3.15. The summed E-state index contributed by atoms with van der Waals surface area (Å²) in [4.78, 5) is 11.9. The van der Waals surface area contributed by atoms with Crippen LogP contribution >= 0.6 is 0 Å². The smallest absolute Gasteiger partial charge is 0.299 e. The first kappa shape index (κ1) is 18.5. The monoisotopic (exact) mass is 388 g/mol. The molecule has 9 nitrogen and oxygen atoms in total. The Kier molecular flexibility index (Phi) is 4.68. The Bertz CT molecular complexity index is 1190. The Morgan fingerprint density at radius 2 is 1.74 bits per heavy atom. The van der Waals surface area contributed by atoms with Crippen molar-refractivity contribution in [3.8, 4) is 11.4 Å². The van der Waals surface area contributed by atoms with Crippen molar-refractivity contribution < 1.29 is 18.1 Å². The van der Waals surface area contributed by atoms with Crippen LogP contribution in [0.3, 0.4) is 0 Å². The molecule has 0 fully saturated rings. The molecule has 2 aromatic carbocycles. The van der Waals surface area contributed by atoms with Crippen LogP contribution in [0.5, 0.6) is 5.75 Å². The van der Waals surface area contributed by atoms with Crippen LogP contribution in [0.1, 0.15) is 11.3 Å². The second kappa shape index (κ2) is 6.82. The van der Waals surface area contributed by atoms with E-state index in [1.807, 2.05) is 6.07 Å². The van der Waals surface area contributed by atoms with Gasteiger partial charge >= 0.3 is 0 Å². The zero-order chi connectivity index (χ0) is 19.8. The van der Waals surface area contributed by atoms with Crippen LogP contribution in [0.15, 0.2) is 62.4 Å². The number of benzene rings is 2. The average molecular weight is 388 g/mol. The molecule has 1 aromatic heterocycles. The SMILES string of the molecule is Cc1cc(N=Nc2c(C)[nH]n(-c3ccccc3)c2=O)c(O)c(S(=O)(=O)O)c1. The molecule has 27 heavy (non-hydrogen) atoms. The lowest BCUT2D eigenvalue weighted by Gasteiger charge is -2.05. The number of phenols is 1. The van der Waals surface area contributed by atoms with Gasteiger partial charge in [-0.3, -0.25) is 14.4 Å². The summed E-state index contributed by atoms with van der Waals surface area (Å²) in [7, 11) is -4.63. The van der Waals surface area contributed by atoms with Crippen LogP contribution in [0.2, 0.25) is 0 Å². The topological polar surface area (TPSA) is 137 Å². The lowest BCUT2D eigenvalue weighted by molar-refractivity contribution is 0.444. The zero-order valence-corrected chi connectivity index (χ0v) is 15.2. The standard InChI is InChI=1S/C17H16N4O5S/c1-10-8-13(16(22)14(9-10)27(24,25)26)18-19-15-11(2)20-21(17(15)23)12-6-4-3-5-7-12/h3-9,20,22H,1-2H3,(H,24,25,26). The molecule has 0 saturated carbocycles. The second-order valence-electron chi connectivity index (χ2n) is 5.87. The highest BCUT2D eigenvalue weighted by atomic mass is 32.2. The molecule has 0 bridgehead atoms. The maximum Gasteiger partial charge on any atom is 0.299 e. The molecule has 0 aliphatic carbocycles. The fourth-order valence-electron chi connectivity index (χ4n) is 2.52. The van der Waals surface area contributed by atoms with E-state index in [0.29, 0.717) is 16.9 Å². The lowest BCUT2D eigenvalue weighted by Crippen LogP contribution is -2.13. The van der Waals surface area contributed by atoms with E-state index in [9.17, 15) is 22.9 Å². The van der Waals surface area contributed by atoms with Crippen molar-refractivity contribution in [1.82, 2.24) is 9.78 Å². The minimum absolute atomic E-state index is 0.00756. The molecule has 0 aliphatic heterocycles. The van der Waals surface area contributed by atoms with Crippen LogP contribution < -0.4 is 5.56 Å². The van der Waals surface area contributed by atoms with E-state index in [4.69, 9.17) is 0 Å². The second-order valence-corrected chi connectivity index (χ2v) is 7.26. The molecular weight excluding hydrogens is 372 g/mol. The molecule has 3 aromatic rings. The summed E-state index contributed by atoms with van der Waals surface area (Å²) < 4.78 is 33.2. The first-order valence-electron chi connectivity index (χ1n) is 7.78. The van der Waals surface area contributed by atoms with Gasteiger partial charge in [0.25, 0.3) is 15.7 Å². The largest absolute Gasteiger partial charge is 0.504 e. The fourth-order valence-corrected chi connectivity index (χ4v) is 3.20. The summed E-state index contributed by atoms with van der Waals surface area (Å²) in [6, 6.07) is 11.3. The van der Waals surface area contributed by atoms with Gasteiger partial charge < -0.3 is 5.11 Å². The van der Waals surface area contributed by atoms with Crippen LogP contribution in [0.25, 0.3) is 5.69 Å². The molecule has 0 saturated heterocycles. The highest BCUT2D eigenvalue weighted by Crippen LogP contribution is 2.35. The van der Waals surface area contributed by atoms with Crippen molar-refractivity contribution in [2.45, 2.75) is 18.7 Å². The van der Waals surface area contributed by atoms with E-state index in [1.165, 1.54) is 10.7 Å². The number of aromatic hydroxyl groups is 1. The Hall–Kier alpha value is -3.24. The van der Waals surface area contributed by atoms with Gasteiger partial charge in [-0.25, -0.2) is 4.68 Å². The number of hydrogen-bond acceptors (Lipinski definition) is 6. The van der Waals surface area contributed by atoms with Gasteiger partial charge in [0.15, 0.2) is 11.4 Å². The van der Waals surface area contributed by atoms with E-state index in [2.05, 4.69) is 15.3 Å². The van der Waals surface area contributed by atoms with Crippen LogP contribution in [0, 0.1) is 13.8 Å². The molecule has 1 heterocycles.